The maximum absolute atomic E-state index is 12.7. The number of carbonyl (C=O) groups excluding carboxylic acids is 2. The zero-order valence-corrected chi connectivity index (χ0v) is 12.8. The summed E-state index contributed by atoms with van der Waals surface area (Å²) in [6.07, 6.45) is 1.70. The Labute approximate surface area is 133 Å². The quantitative estimate of drug-likeness (QED) is 0.498. The molecular formula is C19H14N2O2. The summed E-state index contributed by atoms with van der Waals surface area (Å²) in [6.45, 7) is 4.00. The number of nitrogens with zero attached hydrogens (tertiary/aromatic N) is 2. The summed E-state index contributed by atoms with van der Waals surface area (Å²) in [5.74, 6) is -0.483. The number of pyridine rings is 1. The fourth-order valence-electron chi connectivity index (χ4n) is 2.91. The lowest BCUT2D eigenvalue weighted by atomic mass is 9.86. The van der Waals surface area contributed by atoms with Gasteiger partial charge in [-0.1, -0.05) is 44.2 Å². The van der Waals surface area contributed by atoms with E-state index in [2.05, 4.69) is 6.07 Å². The van der Waals surface area contributed by atoms with Crippen LogP contribution in [0.15, 0.2) is 48.7 Å². The van der Waals surface area contributed by atoms with E-state index < -0.39 is 0 Å². The van der Waals surface area contributed by atoms with Crippen molar-refractivity contribution in [3.8, 4) is 6.07 Å². The Morgan fingerprint density at radius 1 is 0.913 bits per heavy atom. The molecule has 0 atom stereocenters. The van der Waals surface area contributed by atoms with Crippen molar-refractivity contribution in [1.29, 1.82) is 5.26 Å². The highest BCUT2D eigenvalue weighted by Crippen LogP contribution is 2.32. The minimum atomic E-state index is -0.263. The molecule has 4 heteroatoms. The van der Waals surface area contributed by atoms with Crippen molar-refractivity contribution in [1.82, 2.24) is 4.40 Å². The van der Waals surface area contributed by atoms with Crippen molar-refractivity contribution in [3.05, 3.63) is 76.6 Å². The molecule has 112 valence electrons. The van der Waals surface area contributed by atoms with Gasteiger partial charge in [0.05, 0.1) is 16.6 Å². The third-order valence-corrected chi connectivity index (χ3v) is 3.81. The fourth-order valence-corrected chi connectivity index (χ4v) is 2.91. The van der Waals surface area contributed by atoms with Crippen LogP contribution in [0.25, 0.3) is 5.52 Å². The predicted molar refractivity (Wildman–Crippen MR) is 86.8 cm³/mol. The Morgan fingerprint density at radius 2 is 1.52 bits per heavy atom. The highest BCUT2D eigenvalue weighted by molar-refractivity contribution is 6.29. The molecule has 0 radical (unpaired) electrons. The smallest absolute Gasteiger partial charge is 0.211 e. The number of benzene rings is 1. The second-order valence-corrected chi connectivity index (χ2v) is 4.87. The van der Waals surface area contributed by atoms with Crippen LogP contribution < -0.4 is 0 Å². The molecular weight excluding hydrogens is 288 g/mol. The maximum Gasteiger partial charge on any atom is 0.211 e. The largest absolute Gasteiger partial charge is 0.312 e. The van der Waals surface area contributed by atoms with Gasteiger partial charge in [-0.05, 0) is 12.1 Å². The van der Waals surface area contributed by atoms with E-state index in [1.54, 1.807) is 53.1 Å². The van der Waals surface area contributed by atoms with Crippen LogP contribution in [0, 0.1) is 11.3 Å². The van der Waals surface area contributed by atoms with Crippen LogP contribution in [-0.4, -0.2) is 16.0 Å². The predicted octanol–water partition coefficient (Wildman–Crippen LogP) is 3.61. The van der Waals surface area contributed by atoms with Crippen molar-refractivity contribution in [3.63, 3.8) is 0 Å². The molecule has 1 aromatic carbocycles. The van der Waals surface area contributed by atoms with E-state index in [9.17, 15) is 14.9 Å². The summed E-state index contributed by atoms with van der Waals surface area (Å²) in [5.41, 5.74) is 2.10. The molecule has 0 aliphatic heterocycles. The number of hydrogen-bond acceptors (Lipinski definition) is 3. The average molecular weight is 302 g/mol. The molecule has 23 heavy (non-hydrogen) atoms. The number of nitriles is 1. The molecule has 2 aromatic heterocycles. The number of carbonyl (C=O) groups is 2. The van der Waals surface area contributed by atoms with Crippen LogP contribution in [0.5, 0.6) is 0 Å². The summed E-state index contributed by atoms with van der Waals surface area (Å²) < 4.78 is 1.63. The van der Waals surface area contributed by atoms with Crippen molar-refractivity contribution >= 4 is 17.1 Å². The van der Waals surface area contributed by atoms with Crippen LogP contribution in [0.4, 0.5) is 0 Å². The normalized spacial score (nSPS) is 12.0. The molecule has 0 spiro atoms. The monoisotopic (exact) mass is 302 g/mol. The topological polar surface area (TPSA) is 62.3 Å². The second kappa shape index (κ2) is 5.54. The van der Waals surface area contributed by atoms with Gasteiger partial charge < -0.3 is 4.40 Å². The van der Waals surface area contributed by atoms with Gasteiger partial charge in [-0.15, -0.1) is 0 Å². The number of ketones is 2. The third kappa shape index (κ3) is 1.91. The highest BCUT2D eigenvalue weighted by Gasteiger charge is 2.35. The van der Waals surface area contributed by atoms with Crippen LogP contribution in [0.2, 0.25) is 0 Å². The first-order valence-corrected chi connectivity index (χ1v) is 7.45. The van der Waals surface area contributed by atoms with Gasteiger partial charge >= 0.3 is 0 Å². The van der Waals surface area contributed by atoms with Crippen molar-refractivity contribution < 1.29 is 9.59 Å². The lowest BCUT2D eigenvalue weighted by Gasteiger charge is -2.14. The lowest BCUT2D eigenvalue weighted by molar-refractivity contribution is 0.0975. The molecule has 0 N–H and O–H groups in total. The molecule has 0 amide bonds. The minimum absolute atomic E-state index is 0.215. The van der Waals surface area contributed by atoms with Crippen LogP contribution in [0.3, 0.4) is 0 Å². The fraction of sp³-hybridized carbons (Fsp3) is 0.105. The zero-order chi connectivity index (χ0) is 16.6. The van der Waals surface area contributed by atoms with E-state index in [-0.39, 0.29) is 28.4 Å². The van der Waals surface area contributed by atoms with Crippen LogP contribution >= 0.6 is 0 Å². The Bertz CT molecular complexity index is 990. The SMILES string of the molecule is CC.N#Cc1c2c(n3ccccc13)C(=O)c1ccccc1C2=O. The Balaban J connectivity index is 0.000000753. The molecule has 2 heterocycles. The van der Waals surface area contributed by atoms with Crippen molar-refractivity contribution in [2.45, 2.75) is 13.8 Å². The number of rotatable bonds is 0. The van der Waals surface area contributed by atoms with Gasteiger partial charge in [0, 0.05) is 17.3 Å². The molecule has 0 saturated heterocycles. The van der Waals surface area contributed by atoms with E-state index in [1.807, 2.05) is 13.8 Å². The second-order valence-electron chi connectivity index (χ2n) is 4.87. The van der Waals surface area contributed by atoms with E-state index in [0.29, 0.717) is 16.6 Å². The first-order valence-electron chi connectivity index (χ1n) is 7.45. The van der Waals surface area contributed by atoms with E-state index >= 15 is 0 Å². The van der Waals surface area contributed by atoms with Crippen LogP contribution in [-0.2, 0) is 0 Å². The van der Waals surface area contributed by atoms with Gasteiger partial charge in [-0.3, -0.25) is 9.59 Å². The maximum atomic E-state index is 12.7. The average Bonchev–Trinajstić information content (AvgIpc) is 2.96. The number of fused-ring (bicyclic) bond motifs is 4. The van der Waals surface area contributed by atoms with E-state index in [0.717, 1.165) is 0 Å². The van der Waals surface area contributed by atoms with Gasteiger partial charge in [0.1, 0.15) is 11.8 Å². The zero-order valence-electron chi connectivity index (χ0n) is 12.8. The first kappa shape index (κ1) is 14.7. The summed E-state index contributed by atoms with van der Waals surface area (Å²) in [5, 5.41) is 9.41. The third-order valence-electron chi connectivity index (χ3n) is 3.81. The summed E-state index contributed by atoms with van der Waals surface area (Å²) in [4.78, 5) is 25.4. The number of hydrogen-bond donors (Lipinski definition) is 0. The minimum Gasteiger partial charge on any atom is -0.312 e. The summed E-state index contributed by atoms with van der Waals surface area (Å²) in [6, 6.07) is 14.1. The molecule has 4 nitrogen and oxygen atoms in total. The van der Waals surface area contributed by atoms with E-state index in [4.69, 9.17) is 0 Å². The highest BCUT2D eigenvalue weighted by atomic mass is 16.1. The van der Waals surface area contributed by atoms with Gasteiger partial charge in [-0.2, -0.15) is 5.26 Å². The van der Waals surface area contributed by atoms with Gasteiger partial charge in [0.25, 0.3) is 0 Å². The molecule has 4 rings (SSSR count). The molecule has 1 aliphatic rings. The van der Waals surface area contributed by atoms with Crippen LogP contribution in [0.1, 0.15) is 51.4 Å². The molecule has 3 aromatic rings. The van der Waals surface area contributed by atoms with Crippen molar-refractivity contribution in [2.24, 2.45) is 0 Å². The van der Waals surface area contributed by atoms with Gasteiger partial charge in [-0.25, -0.2) is 0 Å². The Kier molecular flexibility index (Phi) is 3.55. The lowest BCUT2D eigenvalue weighted by Crippen LogP contribution is -2.21. The van der Waals surface area contributed by atoms with E-state index in [1.165, 1.54) is 0 Å². The Hall–Kier alpha value is -3.19. The molecule has 0 saturated carbocycles. The van der Waals surface area contributed by atoms with Crippen molar-refractivity contribution in [2.75, 3.05) is 0 Å². The number of aromatic nitrogens is 1. The van der Waals surface area contributed by atoms with Gasteiger partial charge in [0.15, 0.2) is 5.78 Å². The summed E-state index contributed by atoms with van der Waals surface area (Å²) >= 11 is 0. The standard InChI is InChI=1S/C17H8N2O2.C2H6/c18-9-12-13-7-3-4-8-19(13)15-14(12)16(20)10-5-1-2-6-11(10)17(15)21;1-2/h1-8H;1-2H3. The molecule has 1 aliphatic carbocycles. The molecule has 0 unspecified atom stereocenters. The van der Waals surface area contributed by atoms with Gasteiger partial charge in [0.2, 0.25) is 5.78 Å². The summed E-state index contributed by atoms with van der Waals surface area (Å²) in [7, 11) is 0. The molecule has 0 fully saturated rings. The first-order chi connectivity index (χ1) is 11.2. The Morgan fingerprint density at radius 3 is 2.17 bits per heavy atom. The molecule has 0 bridgehead atoms.